The molecule has 11 heteroatoms. The van der Waals surface area contributed by atoms with Crippen LogP contribution in [-0.4, -0.2) is 57.9 Å². The van der Waals surface area contributed by atoms with Crippen molar-refractivity contribution in [3.8, 4) is 10.6 Å². The molecule has 2 aliphatic heterocycles. The van der Waals surface area contributed by atoms with Crippen LogP contribution in [0, 0.1) is 0 Å². The second-order valence-electron chi connectivity index (χ2n) is 7.07. The molecule has 162 valence electrons. The van der Waals surface area contributed by atoms with Gasteiger partial charge in [0.05, 0.1) is 23.8 Å². The summed E-state index contributed by atoms with van der Waals surface area (Å²) in [6.45, 7) is 2.92. The number of halogens is 3. The maximum absolute atomic E-state index is 13.6. The van der Waals surface area contributed by atoms with Crippen LogP contribution in [0.2, 0.25) is 0 Å². The van der Waals surface area contributed by atoms with Crippen molar-refractivity contribution >= 4 is 34.8 Å². The number of nitrogens with zero attached hydrogens (tertiary/aromatic N) is 4. The molecule has 0 aliphatic carbocycles. The van der Waals surface area contributed by atoms with Crippen molar-refractivity contribution in [3.63, 3.8) is 0 Å². The lowest BCUT2D eigenvalue weighted by molar-refractivity contribution is -0.137. The molecule has 4 rings (SSSR count). The Kier molecular flexibility index (Phi) is 6.61. The first-order valence-corrected chi connectivity index (χ1v) is 11.7. The van der Waals surface area contributed by atoms with Gasteiger partial charge in [0.15, 0.2) is 0 Å². The number of rotatable bonds is 5. The summed E-state index contributed by atoms with van der Waals surface area (Å²) in [5.74, 6) is 0.223. The van der Waals surface area contributed by atoms with Gasteiger partial charge in [0.1, 0.15) is 10.6 Å². The summed E-state index contributed by atoms with van der Waals surface area (Å²) in [6.07, 6.45) is 4.24. The van der Waals surface area contributed by atoms with Crippen LogP contribution in [0.15, 0.2) is 18.5 Å². The summed E-state index contributed by atoms with van der Waals surface area (Å²) in [6, 6.07) is 0.141. The summed E-state index contributed by atoms with van der Waals surface area (Å²) in [5.41, 5.74) is 0.0263. The molecular formula is C19H22F3N5OS2. The number of piperidine rings is 1. The van der Waals surface area contributed by atoms with Gasteiger partial charge in [-0.1, -0.05) is 18.0 Å². The van der Waals surface area contributed by atoms with Crippen molar-refractivity contribution in [1.82, 2.24) is 19.3 Å². The first-order chi connectivity index (χ1) is 14.4. The van der Waals surface area contributed by atoms with Crippen LogP contribution in [0.5, 0.6) is 0 Å². The number of anilines is 1. The van der Waals surface area contributed by atoms with Gasteiger partial charge in [-0.3, -0.25) is 4.31 Å². The summed E-state index contributed by atoms with van der Waals surface area (Å²) in [5, 5.41) is 3.92. The zero-order valence-electron chi connectivity index (χ0n) is 16.4. The van der Waals surface area contributed by atoms with E-state index in [1.165, 1.54) is 17.5 Å². The number of nitrogens with one attached hydrogen (secondary N) is 1. The Morgan fingerprint density at radius 3 is 2.70 bits per heavy atom. The zero-order valence-corrected chi connectivity index (χ0v) is 18.0. The third-order valence-electron chi connectivity index (χ3n) is 5.12. The number of alkyl halides is 3. The van der Waals surface area contributed by atoms with Gasteiger partial charge in [-0.25, -0.2) is 15.0 Å². The normalized spacial score (nSPS) is 19.0. The Morgan fingerprint density at radius 1 is 1.23 bits per heavy atom. The van der Waals surface area contributed by atoms with Gasteiger partial charge in [0, 0.05) is 31.5 Å². The van der Waals surface area contributed by atoms with Crippen LogP contribution in [0.1, 0.15) is 29.8 Å². The molecule has 0 spiro atoms. The topological polar surface area (TPSA) is 63.2 Å². The van der Waals surface area contributed by atoms with Gasteiger partial charge < -0.3 is 10.1 Å². The molecule has 0 amide bonds. The minimum Gasteiger partial charge on any atom is -0.377 e. The van der Waals surface area contributed by atoms with Crippen molar-refractivity contribution in [1.29, 1.82) is 0 Å². The minimum atomic E-state index is -4.54. The number of aromatic nitrogens is 3. The number of hydrogen-bond acceptors (Lipinski definition) is 8. The van der Waals surface area contributed by atoms with Gasteiger partial charge in [-0.15, -0.1) is 11.3 Å². The molecule has 1 saturated heterocycles. The molecular weight excluding hydrogens is 435 g/mol. The van der Waals surface area contributed by atoms with Crippen LogP contribution < -0.4 is 5.32 Å². The average Bonchev–Trinajstić information content (AvgIpc) is 3.24. The fourth-order valence-corrected chi connectivity index (χ4v) is 5.03. The Balaban J connectivity index is 1.60. The van der Waals surface area contributed by atoms with E-state index in [0.717, 1.165) is 37.7 Å². The fraction of sp³-hybridized carbons (Fsp3) is 0.526. The molecule has 0 atom stereocenters. The van der Waals surface area contributed by atoms with Crippen LogP contribution in [0.4, 0.5) is 19.1 Å². The lowest BCUT2D eigenvalue weighted by atomic mass is 10.1. The second-order valence-corrected chi connectivity index (χ2v) is 8.98. The molecule has 2 aliphatic rings. The molecule has 0 unspecified atom stereocenters. The number of hydrogen-bond donors (Lipinski definition) is 1. The van der Waals surface area contributed by atoms with Crippen molar-refractivity contribution in [2.75, 3.05) is 37.9 Å². The van der Waals surface area contributed by atoms with E-state index in [-0.39, 0.29) is 17.7 Å². The molecule has 1 N–H and O–H groups in total. The van der Waals surface area contributed by atoms with E-state index >= 15 is 0 Å². The van der Waals surface area contributed by atoms with Crippen LogP contribution in [-0.2, 0) is 10.9 Å². The van der Waals surface area contributed by atoms with Crippen molar-refractivity contribution in [2.24, 2.45) is 0 Å². The Hall–Kier alpha value is -1.69. The van der Waals surface area contributed by atoms with Crippen LogP contribution in [0.3, 0.4) is 0 Å². The molecule has 2 aromatic rings. The van der Waals surface area contributed by atoms with E-state index in [1.807, 2.05) is 12.3 Å². The number of thiazole rings is 1. The lowest BCUT2D eigenvalue weighted by Crippen LogP contribution is -2.35. The van der Waals surface area contributed by atoms with Crippen molar-refractivity contribution in [2.45, 2.75) is 31.5 Å². The van der Waals surface area contributed by atoms with E-state index in [4.69, 9.17) is 4.74 Å². The monoisotopic (exact) mass is 457 g/mol. The highest BCUT2D eigenvalue weighted by Crippen LogP contribution is 2.39. The van der Waals surface area contributed by atoms with Crippen LogP contribution >= 0.6 is 23.3 Å². The highest BCUT2D eigenvalue weighted by molar-refractivity contribution is 7.96. The maximum Gasteiger partial charge on any atom is 0.420 e. The predicted octanol–water partition coefficient (Wildman–Crippen LogP) is 4.58. The molecule has 0 saturated carbocycles. The molecule has 2 aromatic heterocycles. The minimum absolute atomic E-state index is 0.127. The Bertz CT molecular complexity index is 910. The molecule has 4 heterocycles. The van der Waals surface area contributed by atoms with E-state index in [0.29, 0.717) is 29.5 Å². The molecule has 0 radical (unpaired) electrons. The van der Waals surface area contributed by atoms with E-state index in [2.05, 4.69) is 24.6 Å². The molecule has 6 nitrogen and oxygen atoms in total. The van der Waals surface area contributed by atoms with Crippen molar-refractivity contribution in [3.05, 3.63) is 29.0 Å². The summed E-state index contributed by atoms with van der Waals surface area (Å²) >= 11 is 2.92. The predicted molar refractivity (Wildman–Crippen MR) is 113 cm³/mol. The SMILES string of the molecule is CSN1CCC(Nc2ncc(C(F)(F)F)c(-c3cnc(C4=CCOCC4)s3)n2)CC1. The summed E-state index contributed by atoms with van der Waals surface area (Å²) < 4.78 is 48.4. The smallest absolute Gasteiger partial charge is 0.377 e. The summed E-state index contributed by atoms with van der Waals surface area (Å²) in [7, 11) is 0. The third-order valence-corrected chi connectivity index (χ3v) is 7.08. The fourth-order valence-electron chi connectivity index (χ4n) is 3.47. The van der Waals surface area contributed by atoms with Crippen LogP contribution in [0.25, 0.3) is 16.1 Å². The van der Waals surface area contributed by atoms with Crippen molar-refractivity contribution < 1.29 is 17.9 Å². The molecule has 0 bridgehead atoms. The van der Waals surface area contributed by atoms with E-state index < -0.39 is 11.7 Å². The standard InChI is InChI=1S/C19H22F3N5OS2/c1-29-27-6-2-13(3-7-27)25-18-24-10-14(19(20,21)22)16(26-18)15-11-23-17(30-15)12-4-8-28-9-5-12/h4,10-11,13H,2-3,5-9H2,1H3,(H,24,25,26). The second kappa shape index (κ2) is 9.21. The van der Waals surface area contributed by atoms with Gasteiger partial charge in [0.25, 0.3) is 0 Å². The first kappa shape index (κ1) is 21.5. The van der Waals surface area contributed by atoms with Gasteiger partial charge in [-0.2, -0.15) is 13.2 Å². The maximum atomic E-state index is 13.6. The average molecular weight is 458 g/mol. The first-order valence-electron chi connectivity index (χ1n) is 9.67. The highest BCUT2D eigenvalue weighted by Gasteiger charge is 2.36. The zero-order chi connectivity index (χ0) is 21.1. The van der Waals surface area contributed by atoms with Gasteiger partial charge >= 0.3 is 6.18 Å². The Morgan fingerprint density at radius 2 is 2.03 bits per heavy atom. The largest absolute Gasteiger partial charge is 0.420 e. The summed E-state index contributed by atoms with van der Waals surface area (Å²) in [4.78, 5) is 12.9. The quantitative estimate of drug-likeness (QED) is 0.660. The third kappa shape index (κ3) is 4.96. The van der Waals surface area contributed by atoms with E-state index in [9.17, 15) is 13.2 Å². The highest BCUT2D eigenvalue weighted by atomic mass is 32.2. The lowest BCUT2D eigenvalue weighted by Gasteiger charge is -2.30. The molecule has 1 fully saturated rings. The Labute approximate surface area is 181 Å². The van der Waals surface area contributed by atoms with Gasteiger partial charge in [0.2, 0.25) is 5.95 Å². The molecule has 30 heavy (non-hydrogen) atoms. The van der Waals surface area contributed by atoms with Gasteiger partial charge in [-0.05, 0) is 31.1 Å². The molecule has 0 aromatic carbocycles. The number of ether oxygens (including phenoxy) is 1. The van der Waals surface area contributed by atoms with E-state index in [1.54, 1.807) is 11.9 Å².